The minimum absolute atomic E-state index is 0.0909. The predicted octanol–water partition coefficient (Wildman–Crippen LogP) is 12.9. The first-order chi connectivity index (χ1) is 22.6. The second-order valence-electron chi connectivity index (χ2n) is 12.9. The van der Waals surface area contributed by atoms with Gasteiger partial charge in [0, 0.05) is 53.3 Å². The van der Waals surface area contributed by atoms with Crippen LogP contribution in [0, 0.1) is 0 Å². The van der Waals surface area contributed by atoms with Crippen molar-refractivity contribution >= 4 is 81.3 Å². The maximum absolute atomic E-state index is 6.32. The lowest BCUT2D eigenvalue weighted by Gasteiger charge is -2.29. The maximum Gasteiger partial charge on any atom is 0.136 e. The highest BCUT2D eigenvalue weighted by Crippen LogP contribution is 2.54. The van der Waals surface area contributed by atoms with Crippen molar-refractivity contribution in [3.8, 4) is 11.1 Å². The molecule has 7 aromatic carbocycles. The van der Waals surface area contributed by atoms with Crippen LogP contribution in [-0.2, 0) is 5.41 Å². The molecule has 10 rings (SSSR count). The number of thiophene rings is 1. The van der Waals surface area contributed by atoms with Crippen LogP contribution in [0.5, 0.6) is 0 Å². The Morgan fingerprint density at radius 3 is 2.15 bits per heavy atom. The second-order valence-corrected chi connectivity index (χ2v) is 14.0. The Hall–Kier alpha value is -5.38. The van der Waals surface area contributed by atoms with E-state index < -0.39 is 0 Å². The SMILES string of the molecule is CC1(C)c2ccccc2-c2c(N(c3ccc4sc5ccccc5c4c3)c3ccc4ccc5oc6ccccc6c5c4c3)cccc21. The zero-order chi connectivity index (χ0) is 30.6. The summed E-state index contributed by atoms with van der Waals surface area (Å²) >= 11 is 1.86. The molecule has 0 radical (unpaired) electrons. The maximum atomic E-state index is 6.32. The highest BCUT2D eigenvalue weighted by molar-refractivity contribution is 7.25. The lowest BCUT2D eigenvalue weighted by atomic mass is 9.82. The van der Waals surface area contributed by atoms with E-state index in [1.165, 1.54) is 64.3 Å². The van der Waals surface area contributed by atoms with Crippen LogP contribution in [0.15, 0.2) is 144 Å². The van der Waals surface area contributed by atoms with Crippen molar-refractivity contribution in [2.75, 3.05) is 4.90 Å². The summed E-state index contributed by atoms with van der Waals surface area (Å²) < 4.78 is 8.94. The molecule has 0 atom stereocenters. The van der Waals surface area contributed by atoms with Gasteiger partial charge < -0.3 is 9.32 Å². The van der Waals surface area contributed by atoms with Gasteiger partial charge in [0.25, 0.3) is 0 Å². The van der Waals surface area contributed by atoms with Crippen LogP contribution in [0.2, 0.25) is 0 Å². The van der Waals surface area contributed by atoms with Gasteiger partial charge in [0.1, 0.15) is 11.2 Å². The summed E-state index contributed by atoms with van der Waals surface area (Å²) in [5, 5.41) is 7.31. The first-order valence-corrected chi connectivity index (χ1v) is 16.7. The number of anilines is 3. The van der Waals surface area contributed by atoms with Crippen LogP contribution in [-0.4, -0.2) is 0 Å². The Balaban J connectivity index is 1.30. The van der Waals surface area contributed by atoms with E-state index >= 15 is 0 Å². The number of hydrogen-bond donors (Lipinski definition) is 0. The summed E-state index contributed by atoms with van der Waals surface area (Å²) in [6.07, 6.45) is 0. The zero-order valence-corrected chi connectivity index (χ0v) is 26.4. The third-order valence-corrected chi connectivity index (χ3v) is 11.2. The molecule has 0 fully saturated rings. The Morgan fingerprint density at radius 1 is 0.543 bits per heavy atom. The zero-order valence-electron chi connectivity index (χ0n) is 25.5. The van der Waals surface area contributed by atoms with E-state index in [-0.39, 0.29) is 5.41 Å². The van der Waals surface area contributed by atoms with Crippen molar-refractivity contribution in [2.45, 2.75) is 19.3 Å². The van der Waals surface area contributed by atoms with E-state index in [4.69, 9.17) is 4.42 Å². The lowest BCUT2D eigenvalue weighted by Crippen LogP contribution is -2.16. The molecule has 0 bridgehead atoms. The summed E-state index contributed by atoms with van der Waals surface area (Å²) in [6, 6.07) is 51.1. The van der Waals surface area contributed by atoms with Gasteiger partial charge >= 0.3 is 0 Å². The highest BCUT2D eigenvalue weighted by Gasteiger charge is 2.37. The fourth-order valence-corrected chi connectivity index (χ4v) is 8.96. The summed E-state index contributed by atoms with van der Waals surface area (Å²) in [5.41, 5.74) is 10.6. The van der Waals surface area contributed by atoms with Crippen molar-refractivity contribution in [3.63, 3.8) is 0 Å². The largest absolute Gasteiger partial charge is 0.456 e. The lowest BCUT2D eigenvalue weighted by molar-refractivity contribution is 0.660. The number of hydrogen-bond acceptors (Lipinski definition) is 3. The topological polar surface area (TPSA) is 16.4 Å². The quantitative estimate of drug-likeness (QED) is 0.199. The molecular weight excluding hydrogens is 579 g/mol. The monoisotopic (exact) mass is 607 g/mol. The summed E-state index contributed by atoms with van der Waals surface area (Å²) in [5.74, 6) is 0. The van der Waals surface area contributed by atoms with Gasteiger partial charge in [0.05, 0.1) is 5.69 Å². The van der Waals surface area contributed by atoms with Crippen LogP contribution >= 0.6 is 11.3 Å². The third-order valence-electron chi connectivity index (χ3n) is 10.0. The number of nitrogens with zero attached hydrogens (tertiary/aromatic N) is 1. The van der Waals surface area contributed by atoms with E-state index in [0.717, 1.165) is 27.9 Å². The molecule has 2 heterocycles. The van der Waals surface area contributed by atoms with Gasteiger partial charge in [-0.15, -0.1) is 11.3 Å². The molecule has 0 unspecified atom stereocenters. The molecule has 3 heteroatoms. The third kappa shape index (κ3) is 3.52. The summed E-state index contributed by atoms with van der Waals surface area (Å²) in [7, 11) is 0. The molecule has 0 N–H and O–H groups in total. The van der Waals surface area contributed by atoms with Gasteiger partial charge in [0.15, 0.2) is 0 Å². The average Bonchev–Trinajstić information content (AvgIpc) is 3.73. The van der Waals surface area contributed by atoms with Gasteiger partial charge in [-0.1, -0.05) is 98.8 Å². The molecule has 0 saturated carbocycles. The van der Waals surface area contributed by atoms with Crippen LogP contribution in [0.4, 0.5) is 17.1 Å². The summed E-state index contributed by atoms with van der Waals surface area (Å²) in [6.45, 7) is 4.71. The first-order valence-electron chi connectivity index (χ1n) is 15.9. The molecule has 0 saturated heterocycles. The van der Waals surface area contributed by atoms with E-state index in [1.807, 2.05) is 17.4 Å². The molecule has 2 nitrogen and oxygen atoms in total. The average molecular weight is 608 g/mol. The molecule has 1 aliphatic rings. The molecule has 0 spiro atoms. The molecule has 9 aromatic rings. The van der Waals surface area contributed by atoms with E-state index in [0.29, 0.717) is 0 Å². The van der Waals surface area contributed by atoms with E-state index in [2.05, 4.69) is 152 Å². The fourth-order valence-electron chi connectivity index (χ4n) is 7.87. The standard InChI is InChI=1S/C43H29NOS/c1-43(2)34-13-6-3-11-30(34)42-35(43)14-9-15-36(42)44(28-21-23-40-33(25-28)29-10-5-8-17-39(29)46-40)27-20-18-26-19-22-38-41(32(26)24-27)31-12-4-7-16-37(31)45-38/h3-25H,1-2H3. The molecule has 218 valence electrons. The smallest absolute Gasteiger partial charge is 0.136 e. The number of furan rings is 1. The van der Waals surface area contributed by atoms with Crippen molar-refractivity contribution in [3.05, 3.63) is 151 Å². The normalized spacial score (nSPS) is 13.6. The van der Waals surface area contributed by atoms with Gasteiger partial charge in [-0.05, 0) is 82.1 Å². The predicted molar refractivity (Wildman–Crippen MR) is 196 cm³/mol. The Morgan fingerprint density at radius 2 is 1.24 bits per heavy atom. The van der Waals surface area contributed by atoms with Gasteiger partial charge in [-0.3, -0.25) is 0 Å². The van der Waals surface area contributed by atoms with Crippen LogP contribution in [0.1, 0.15) is 25.0 Å². The Labute approximate surface area is 270 Å². The second kappa shape index (κ2) is 9.32. The van der Waals surface area contributed by atoms with E-state index in [1.54, 1.807) is 0 Å². The van der Waals surface area contributed by atoms with Crippen molar-refractivity contribution in [2.24, 2.45) is 0 Å². The van der Waals surface area contributed by atoms with Crippen molar-refractivity contribution < 1.29 is 4.42 Å². The molecule has 1 aliphatic carbocycles. The number of benzene rings is 7. The summed E-state index contributed by atoms with van der Waals surface area (Å²) in [4.78, 5) is 2.48. The molecule has 2 aromatic heterocycles. The molecule has 0 amide bonds. The Kier molecular flexibility index (Phi) is 5.25. The minimum atomic E-state index is -0.0909. The van der Waals surface area contributed by atoms with Crippen molar-refractivity contribution in [1.29, 1.82) is 0 Å². The number of fused-ring (bicyclic) bond motifs is 11. The van der Waals surface area contributed by atoms with Gasteiger partial charge in [0.2, 0.25) is 0 Å². The molecule has 46 heavy (non-hydrogen) atoms. The molecular formula is C43H29NOS. The van der Waals surface area contributed by atoms with Gasteiger partial charge in [-0.25, -0.2) is 0 Å². The van der Waals surface area contributed by atoms with Crippen molar-refractivity contribution in [1.82, 2.24) is 0 Å². The van der Waals surface area contributed by atoms with E-state index in [9.17, 15) is 0 Å². The van der Waals surface area contributed by atoms with Crippen LogP contribution in [0.3, 0.4) is 0 Å². The highest BCUT2D eigenvalue weighted by atomic mass is 32.1. The van der Waals surface area contributed by atoms with Crippen LogP contribution < -0.4 is 4.90 Å². The number of rotatable bonds is 3. The Bertz CT molecular complexity index is 2690. The van der Waals surface area contributed by atoms with Crippen LogP contribution in [0.25, 0.3) is 64.0 Å². The number of para-hydroxylation sites is 1. The first kappa shape index (κ1) is 25.9. The van der Waals surface area contributed by atoms with Gasteiger partial charge in [-0.2, -0.15) is 0 Å². The minimum Gasteiger partial charge on any atom is -0.456 e. The molecule has 0 aliphatic heterocycles. The fraction of sp³-hybridized carbons (Fsp3) is 0.0698.